The molecule has 0 bridgehead atoms. The van der Waals surface area contributed by atoms with Gasteiger partial charge in [-0.2, -0.15) is 0 Å². The number of ether oxygens (including phenoxy) is 1. The van der Waals surface area contributed by atoms with Crippen LogP contribution < -0.4 is 4.72 Å². The number of halogens is 2. The number of hydrogen-bond donors (Lipinski definition) is 1. The van der Waals surface area contributed by atoms with Gasteiger partial charge in [0.05, 0.1) is 19.0 Å². The van der Waals surface area contributed by atoms with Crippen molar-refractivity contribution in [1.82, 2.24) is 9.62 Å². The Morgan fingerprint density at radius 2 is 2.00 bits per heavy atom. The van der Waals surface area contributed by atoms with Crippen LogP contribution in [0, 0.1) is 11.7 Å². The van der Waals surface area contributed by atoms with Gasteiger partial charge in [-0.1, -0.05) is 35.8 Å². The van der Waals surface area contributed by atoms with Crippen molar-refractivity contribution in [3.8, 4) is 0 Å². The lowest BCUT2D eigenvalue weighted by Crippen LogP contribution is -2.51. The second kappa shape index (κ2) is 8.71. The lowest BCUT2D eigenvalue weighted by molar-refractivity contribution is 0.00776. The van der Waals surface area contributed by atoms with Crippen molar-refractivity contribution in [2.75, 3.05) is 32.8 Å². The van der Waals surface area contributed by atoms with Crippen LogP contribution in [-0.4, -0.2) is 52.2 Å². The van der Waals surface area contributed by atoms with Crippen molar-refractivity contribution >= 4 is 26.0 Å². The van der Waals surface area contributed by atoms with Crippen LogP contribution in [0.5, 0.6) is 0 Å². The van der Waals surface area contributed by atoms with Gasteiger partial charge in [0.15, 0.2) is 0 Å². The Kier molecular flexibility index (Phi) is 7.18. The molecule has 1 aromatic carbocycles. The van der Waals surface area contributed by atoms with Gasteiger partial charge in [-0.15, -0.1) is 0 Å². The Morgan fingerprint density at radius 1 is 1.33 bits per heavy atom. The highest BCUT2D eigenvalue weighted by molar-refractivity contribution is 9.10. The van der Waals surface area contributed by atoms with Gasteiger partial charge in [0.1, 0.15) is 5.82 Å². The Bertz CT molecular complexity index is 649. The summed E-state index contributed by atoms with van der Waals surface area (Å²) in [5.74, 6) is -0.585. The summed E-state index contributed by atoms with van der Waals surface area (Å²) in [4.78, 5) is 2.25. The minimum absolute atomic E-state index is 0.0958. The molecule has 1 fully saturated rings. The zero-order valence-corrected chi connectivity index (χ0v) is 16.4. The predicted octanol–water partition coefficient (Wildman–Crippen LogP) is 2.36. The summed E-state index contributed by atoms with van der Waals surface area (Å²) in [5.41, 5.74) is 0.165. The number of nitrogens with one attached hydrogen (secondary N) is 1. The topological polar surface area (TPSA) is 58.6 Å². The first-order chi connectivity index (χ1) is 11.3. The van der Waals surface area contributed by atoms with Gasteiger partial charge >= 0.3 is 0 Å². The molecule has 0 saturated carbocycles. The number of hydrogen-bond acceptors (Lipinski definition) is 4. The predicted molar refractivity (Wildman–Crippen MR) is 95.7 cm³/mol. The first-order valence-electron chi connectivity index (χ1n) is 8.01. The van der Waals surface area contributed by atoms with Gasteiger partial charge in [0, 0.05) is 35.7 Å². The maximum Gasteiger partial charge on any atom is 0.215 e. The smallest absolute Gasteiger partial charge is 0.215 e. The highest BCUT2D eigenvalue weighted by Gasteiger charge is 2.25. The lowest BCUT2D eigenvalue weighted by Gasteiger charge is -2.36. The summed E-state index contributed by atoms with van der Waals surface area (Å²) >= 11 is 3.16. The summed E-state index contributed by atoms with van der Waals surface area (Å²) in [5, 5.41) is 0. The SMILES string of the molecule is CC(C)[C@H](CNS(=O)(=O)Cc1ccc(Br)cc1F)N1CCOCC1. The van der Waals surface area contributed by atoms with E-state index in [4.69, 9.17) is 4.74 Å². The highest BCUT2D eigenvalue weighted by Crippen LogP contribution is 2.18. The van der Waals surface area contributed by atoms with Crippen molar-refractivity contribution in [2.24, 2.45) is 5.92 Å². The zero-order valence-electron chi connectivity index (χ0n) is 14.0. The number of nitrogens with zero attached hydrogens (tertiary/aromatic N) is 1. The molecular weight excluding hydrogens is 399 g/mol. The fraction of sp³-hybridized carbons (Fsp3) is 0.625. The molecular formula is C16H24BrFN2O3S. The van der Waals surface area contributed by atoms with E-state index in [1.165, 1.54) is 12.1 Å². The average Bonchev–Trinajstić information content (AvgIpc) is 2.51. The normalized spacial score (nSPS) is 18.0. The quantitative estimate of drug-likeness (QED) is 0.732. The van der Waals surface area contributed by atoms with Crippen LogP contribution in [0.2, 0.25) is 0 Å². The maximum atomic E-state index is 13.9. The first kappa shape index (κ1) is 19.8. The minimum Gasteiger partial charge on any atom is -0.379 e. The summed E-state index contributed by atoms with van der Waals surface area (Å²) < 4.78 is 47.1. The van der Waals surface area contributed by atoms with E-state index >= 15 is 0 Å². The third-order valence-electron chi connectivity index (χ3n) is 4.16. The molecule has 8 heteroatoms. The van der Waals surface area contributed by atoms with Gasteiger partial charge in [0.2, 0.25) is 10.0 Å². The van der Waals surface area contributed by atoms with Crippen molar-refractivity contribution in [3.05, 3.63) is 34.1 Å². The van der Waals surface area contributed by atoms with Crippen LogP contribution in [-0.2, 0) is 20.5 Å². The third-order valence-corrected chi connectivity index (χ3v) is 5.95. The van der Waals surface area contributed by atoms with Gasteiger partial charge < -0.3 is 4.74 Å². The number of morpholine rings is 1. The number of benzene rings is 1. The fourth-order valence-electron chi connectivity index (χ4n) is 2.80. The zero-order chi connectivity index (χ0) is 17.7. The Labute approximate surface area is 151 Å². The van der Waals surface area contributed by atoms with E-state index in [1.807, 2.05) is 0 Å². The van der Waals surface area contributed by atoms with E-state index in [2.05, 4.69) is 39.4 Å². The second-order valence-electron chi connectivity index (χ2n) is 6.30. The molecule has 5 nitrogen and oxygen atoms in total. The van der Waals surface area contributed by atoms with Gasteiger partial charge in [0.25, 0.3) is 0 Å². The molecule has 0 amide bonds. The molecule has 0 unspecified atom stereocenters. The highest BCUT2D eigenvalue weighted by atomic mass is 79.9. The van der Waals surface area contributed by atoms with E-state index in [-0.39, 0.29) is 17.4 Å². The number of sulfonamides is 1. The van der Waals surface area contributed by atoms with Gasteiger partial charge in [-0.25, -0.2) is 17.5 Å². The van der Waals surface area contributed by atoms with Crippen LogP contribution in [0.1, 0.15) is 19.4 Å². The second-order valence-corrected chi connectivity index (χ2v) is 9.03. The van der Waals surface area contributed by atoms with Crippen molar-refractivity contribution in [2.45, 2.75) is 25.6 Å². The molecule has 0 spiro atoms. The van der Waals surface area contributed by atoms with E-state index in [1.54, 1.807) is 6.07 Å². The molecule has 1 aromatic rings. The third kappa shape index (κ3) is 5.77. The molecule has 1 saturated heterocycles. The molecule has 0 aromatic heterocycles. The Morgan fingerprint density at radius 3 is 2.58 bits per heavy atom. The van der Waals surface area contributed by atoms with Crippen LogP contribution in [0.25, 0.3) is 0 Å². The first-order valence-corrected chi connectivity index (χ1v) is 10.5. The van der Waals surface area contributed by atoms with Crippen molar-refractivity contribution in [3.63, 3.8) is 0 Å². The van der Waals surface area contributed by atoms with Crippen molar-refractivity contribution < 1.29 is 17.5 Å². The van der Waals surface area contributed by atoms with Gasteiger partial charge in [-0.05, 0) is 18.1 Å². The molecule has 24 heavy (non-hydrogen) atoms. The molecule has 1 aliphatic rings. The molecule has 2 rings (SSSR count). The van der Waals surface area contributed by atoms with E-state index < -0.39 is 15.8 Å². The fourth-order valence-corrected chi connectivity index (χ4v) is 4.31. The van der Waals surface area contributed by atoms with E-state index in [9.17, 15) is 12.8 Å². The molecule has 1 N–H and O–H groups in total. The largest absolute Gasteiger partial charge is 0.379 e. The molecule has 1 atom stereocenters. The molecule has 0 aliphatic carbocycles. The van der Waals surface area contributed by atoms with E-state index in [0.29, 0.717) is 30.1 Å². The summed E-state index contributed by atoms with van der Waals surface area (Å²) in [7, 11) is -3.60. The molecule has 0 radical (unpaired) electrons. The monoisotopic (exact) mass is 422 g/mol. The number of rotatable bonds is 7. The van der Waals surface area contributed by atoms with Crippen molar-refractivity contribution in [1.29, 1.82) is 0 Å². The van der Waals surface area contributed by atoms with Crippen LogP contribution in [0.4, 0.5) is 4.39 Å². The average molecular weight is 423 g/mol. The Hall–Kier alpha value is -0.540. The molecule has 1 aliphatic heterocycles. The molecule has 136 valence electrons. The minimum atomic E-state index is -3.60. The van der Waals surface area contributed by atoms with E-state index in [0.717, 1.165) is 13.1 Å². The summed E-state index contributed by atoms with van der Waals surface area (Å²) in [6.07, 6.45) is 0. The summed E-state index contributed by atoms with van der Waals surface area (Å²) in [6, 6.07) is 4.49. The van der Waals surface area contributed by atoms with Crippen LogP contribution >= 0.6 is 15.9 Å². The summed E-state index contributed by atoms with van der Waals surface area (Å²) in [6.45, 7) is 7.39. The molecule has 1 heterocycles. The van der Waals surface area contributed by atoms with Crippen LogP contribution in [0.3, 0.4) is 0 Å². The lowest BCUT2D eigenvalue weighted by atomic mass is 10.0. The maximum absolute atomic E-state index is 13.9. The standard InChI is InChI=1S/C16H24BrFN2O3S/c1-12(2)16(20-5-7-23-8-6-20)10-19-24(21,22)11-13-3-4-14(17)9-15(13)18/h3-4,9,12,16,19H,5-8,10-11H2,1-2H3/t16-/m0/s1. The van der Waals surface area contributed by atoms with Gasteiger partial charge in [-0.3, -0.25) is 4.90 Å². The van der Waals surface area contributed by atoms with Crippen LogP contribution in [0.15, 0.2) is 22.7 Å². The Balaban J connectivity index is 1.99.